The van der Waals surface area contributed by atoms with E-state index in [0.29, 0.717) is 37.5 Å². The fourth-order valence-electron chi connectivity index (χ4n) is 3.30. The van der Waals surface area contributed by atoms with Crippen LogP contribution in [0, 0.1) is 0 Å². The zero-order valence-corrected chi connectivity index (χ0v) is 20.1. The van der Waals surface area contributed by atoms with Crippen molar-refractivity contribution in [3.05, 3.63) is 34.5 Å². The van der Waals surface area contributed by atoms with Crippen LogP contribution in [-0.2, 0) is 16.1 Å². The van der Waals surface area contributed by atoms with E-state index < -0.39 is 0 Å². The van der Waals surface area contributed by atoms with Crippen molar-refractivity contribution in [3.63, 3.8) is 0 Å². The van der Waals surface area contributed by atoms with E-state index in [9.17, 15) is 9.59 Å². The molecule has 0 saturated heterocycles. The lowest BCUT2D eigenvalue weighted by atomic mass is 10.1. The monoisotopic (exact) mass is 445 g/mol. The van der Waals surface area contributed by atoms with Crippen LogP contribution in [0.2, 0.25) is 0 Å². The Hall–Kier alpha value is -2.34. The Balaban J connectivity index is 2.08. The van der Waals surface area contributed by atoms with Gasteiger partial charge >= 0.3 is 5.97 Å². The van der Waals surface area contributed by atoms with E-state index in [2.05, 4.69) is 13.0 Å². The Kier molecular flexibility index (Phi) is 10.6. The van der Waals surface area contributed by atoms with Crippen LogP contribution in [0.4, 0.5) is 0 Å². The van der Waals surface area contributed by atoms with E-state index >= 15 is 0 Å². The maximum atomic E-state index is 12.4. The lowest BCUT2D eigenvalue weighted by molar-refractivity contribution is -0.134. The van der Waals surface area contributed by atoms with Crippen molar-refractivity contribution in [3.8, 4) is 22.6 Å². The zero-order chi connectivity index (χ0) is 22.6. The van der Waals surface area contributed by atoms with Crippen LogP contribution < -0.4 is 9.47 Å². The highest BCUT2D eigenvalue weighted by atomic mass is 32.1. The van der Waals surface area contributed by atoms with E-state index in [1.165, 1.54) is 19.3 Å². The first-order chi connectivity index (χ1) is 15.0. The predicted molar refractivity (Wildman–Crippen MR) is 127 cm³/mol. The molecule has 1 aromatic carbocycles. The number of amides is 1. The largest absolute Gasteiger partial charge is 0.490 e. The highest BCUT2D eigenvalue weighted by Gasteiger charge is 2.18. The van der Waals surface area contributed by atoms with Crippen LogP contribution in [0.3, 0.4) is 0 Å². The second-order valence-corrected chi connectivity index (χ2v) is 8.60. The number of nitrogens with zero attached hydrogens (tertiary/aromatic N) is 1. The third-order valence-corrected chi connectivity index (χ3v) is 5.98. The number of carbonyl (C=O) groups excluding carboxylic acids is 2. The summed E-state index contributed by atoms with van der Waals surface area (Å²) in [6, 6.07) is 7.70. The van der Waals surface area contributed by atoms with Crippen LogP contribution in [0.1, 0.15) is 70.6 Å². The van der Waals surface area contributed by atoms with Crippen LogP contribution in [0.25, 0.3) is 11.1 Å². The highest BCUT2D eigenvalue weighted by molar-refractivity contribution is 7.10. The van der Waals surface area contributed by atoms with Gasteiger partial charge in [0, 0.05) is 30.3 Å². The van der Waals surface area contributed by atoms with Crippen molar-refractivity contribution in [2.45, 2.75) is 72.3 Å². The van der Waals surface area contributed by atoms with Crippen LogP contribution in [-0.4, -0.2) is 30.4 Å². The van der Waals surface area contributed by atoms with Crippen molar-refractivity contribution in [1.29, 1.82) is 0 Å². The number of rotatable bonds is 13. The molecule has 31 heavy (non-hydrogen) atoms. The van der Waals surface area contributed by atoms with Gasteiger partial charge in [-0.2, -0.15) is 0 Å². The number of ether oxygens (including phenoxy) is 2. The number of carbonyl (C=O) groups is 2. The first-order valence-corrected chi connectivity index (χ1v) is 12.2. The first kappa shape index (κ1) is 24.9. The summed E-state index contributed by atoms with van der Waals surface area (Å²) >= 11 is 1.60. The molecule has 0 aliphatic carbocycles. The number of thiophene rings is 1. The summed E-state index contributed by atoms with van der Waals surface area (Å²) in [6.45, 7) is 6.92. The molecule has 0 bridgehead atoms. The lowest BCUT2D eigenvalue weighted by Gasteiger charge is -2.16. The molecule has 0 saturated carbocycles. The van der Waals surface area contributed by atoms with E-state index in [1.54, 1.807) is 23.2 Å². The molecule has 0 N–H and O–H groups in total. The minimum Gasteiger partial charge on any atom is -0.490 e. The number of hydrogen-bond acceptors (Lipinski definition) is 5. The molecule has 0 aliphatic rings. The van der Waals surface area contributed by atoms with E-state index in [0.717, 1.165) is 28.8 Å². The van der Waals surface area contributed by atoms with Crippen molar-refractivity contribution >= 4 is 23.2 Å². The standard InChI is InChI=1S/C25H35NO4S/c1-5-8-9-10-11-15-23(27)26(4)17-20-16-19(18-31-20)21-13-12-14-22(29-7-3)25(21)30-24(28)6-2/h12-14,16,18H,5-11,15,17H2,1-4H3. The molecule has 170 valence electrons. The Bertz CT molecular complexity index is 846. The molecule has 0 atom stereocenters. The van der Waals surface area contributed by atoms with Gasteiger partial charge in [0.2, 0.25) is 5.91 Å². The maximum absolute atomic E-state index is 12.4. The summed E-state index contributed by atoms with van der Waals surface area (Å²) in [5.74, 6) is 0.900. The fourth-order valence-corrected chi connectivity index (χ4v) is 4.24. The van der Waals surface area contributed by atoms with Crippen LogP contribution in [0.15, 0.2) is 29.6 Å². The highest BCUT2D eigenvalue weighted by Crippen LogP contribution is 2.40. The van der Waals surface area contributed by atoms with Crippen molar-refractivity contribution in [2.75, 3.05) is 13.7 Å². The molecule has 5 nitrogen and oxygen atoms in total. The molecule has 0 radical (unpaired) electrons. The molecule has 2 rings (SSSR count). The van der Waals surface area contributed by atoms with Gasteiger partial charge in [0.15, 0.2) is 11.5 Å². The molecular weight excluding hydrogens is 410 g/mol. The molecule has 1 amide bonds. The molecular formula is C25H35NO4S. The van der Waals surface area contributed by atoms with Gasteiger partial charge < -0.3 is 14.4 Å². The van der Waals surface area contributed by atoms with E-state index in [4.69, 9.17) is 9.47 Å². The van der Waals surface area contributed by atoms with Gasteiger partial charge in [0.25, 0.3) is 0 Å². The number of hydrogen-bond donors (Lipinski definition) is 0. The van der Waals surface area contributed by atoms with Crippen molar-refractivity contribution in [2.24, 2.45) is 0 Å². The van der Waals surface area contributed by atoms with Gasteiger partial charge in [-0.1, -0.05) is 51.7 Å². The third kappa shape index (κ3) is 7.69. The molecule has 0 aliphatic heterocycles. The molecule has 6 heteroatoms. The van der Waals surface area contributed by atoms with Gasteiger partial charge in [-0.05, 0) is 36.4 Å². The minimum absolute atomic E-state index is 0.183. The molecule has 0 spiro atoms. The average molecular weight is 446 g/mol. The molecule has 1 aromatic heterocycles. The van der Waals surface area contributed by atoms with Gasteiger partial charge in [-0.3, -0.25) is 9.59 Å². The van der Waals surface area contributed by atoms with Gasteiger partial charge in [0.1, 0.15) is 0 Å². The summed E-state index contributed by atoms with van der Waals surface area (Å²) in [4.78, 5) is 27.3. The Morgan fingerprint density at radius 3 is 2.55 bits per heavy atom. The second-order valence-electron chi connectivity index (χ2n) is 7.61. The fraction of sp³-hybridized carbons (Fsp3) is 0.520. The van der Waals surface area contributed by atoms with Crippen molar-refractivity contribution < 1.29 is 19.1 Å². The maximum Gasteiger partial charge on any atom is 0.311 e. The smallest absolute Gasteiger partial charge is 0.311 e. The number of benzene rings is 1. The van der Waals surface area contributed by atoms with E-state index in [-0.39, 0.29) is 11.9 Å². The summed E-state index contributed by atoms with van der Waals surface area (Å²) in [6.07, 6.45) is 6.62. The number of para-hydroxylation sites is 1. The summed E-state index contributed by atoms with van der Waals surface area (Å²) in [5, 5.41) is 2.03. The molecule has 1 heterocycles. The first-order valence-electron chi connectivity index (χ1n) is 11.3. The minimum atomic E-state index is -0.298. The molecule has 0 unspecified atom stereocenters. The van der Waals surface area contributed by atoms with Gasteiger partial charge in [0.05, 0.1) is 13.2 Å². The SMILES string of the molecule is CCCCCCCC(=O)N(C)Cc1cc(-c2cccc(OCC)c2OC(=O)CC)cs1. The normalized spacial score (nSPS) is 10.7. The summed E-state index contributed by atoms with van der Waals surface area (Å²) < 4.78 is 11.3. The van der Waals surface area contributed by atoms with Crippen molar-refractivity contribution in [1.82, 2.24) is 4.90 Å². The summed E-state index contributed by atoms with van der Waals surface area (Å²) in [7, 11) is 1.86. The summed E-state index contributed by atoms with van der Waals surface area (Å²) in [5.41, 5.74) is 1.78. The van der Waals surface area contributed by atoms with Crippen LogP contribution >= 0.6 is 11.3 Å². The Morgan fingerprint density at radius 2 is 1.84 bits per heavy atom. The molecule has 2 aromatic rings. The molecule has 0 fully saturated rings. The second kappa shape index (κ2) is 13.2. The van der Waals surface area contributed by atoms with Crippen LogP contribution in [0.5, 0.6) is 11.5 Å². The predicted octanol–water partition coefficient (Wildman–Crippen LogP) is 6.45. The Morgan fingerprint density at radius 1 is 1.06 bits per heavy atom. The topological polar surface area (TPSA) is 55.8 Å². The lowest BCUT2D eigenvalue weighted by Crippen LogP contribution is -2.25. The number of unbranched alkanes of at least 4 members (excludes halogenated alkanes) is 4. The quantitative estimate of drug-likeness (QED) is 0.202. The van der Waals surface area contributed by atoms with Gasteiger partial charge in [-0.25, -0.2) is 0 Å². The van der Waals surface area contributed by atoms with E-state index in [1.807, 2.05) is 37.6 Å². The number of esters is 1. The zero-order valence-electron chi connectivity index (χ0n) is 19.2. The Labute approximate surface area is 190 Å². The third-order valence-electron chi connectivity index (χ3n) is 5.06. The van der Waals surface area contributed by atoms with Gasteiger partial charge in [-0.15, -0.1) is 11.3 Å². The average Bonchev–Trinajstić information content (AvgIpc) is 3.22.